The third-order valence-electron chi connectivity index (χ3n) is 3.77. The molecule has 2 rings (SSSR count). The van der Waals surface area contributed by atoms with Crippen LogP contribution in [0.2, 0.25) is 0 Å². The molecule has 2 heterocycles. The van der Waals surface area contributed by atoms with E-state index in [2.05, 4.69) is 38.2 Å². The van der Waals surface area contributed by atoms with Gasteiger partial charge in [-0.2, -0.15) is 5.10 Å². The largest absolute Gasteiger partial charge is 0.317 e. The zero-order chi connectivity index (χ0) is 13.0. The number of hydrogen-bond acceptors (Lipinski definition) is 3. The van der Waals surface area contributed by atoms with Crippen LogP contribution >= 0.6 is 28.3 Å². The lowest BCUT2D eigenvalue weighted by Gasteiger charge is -2.32. The van der Waals surface area contributed by atoms with Crippen LogP contribution in [0, 0.1) is 5.92 Å². The minimum atomic E-state index is 0. The number of hydrogen-bond donors (Lipinski definition) is 1. The first-order chi connectivity index (χ1) is 8.70. The normalized spacial score (nSPS) is 17.4. The van der Waals surface area contributed by atoms with Crippen LogP contribution < -0.4 is 5.32 Å². The molecule has 1 aromatic rings. The van der Waals surface area contributed by atoms with Crippen molar-refractivity contribution < 1.29 is 0 Å². The van der Waals surface area contributed by atoms with E-state index in [9.17, 15) is 0 Å². The summed E-state index contributed by atoms with van der Waals surface area (Å²) in [5.41, 5.74) is 1.28. The van der Waals surface area contributed by atoms with Gasteiger partial charge in [0.2, 0.25) is 0 Å². The van der Waals surface area contributed by atoms with Crippen molar-refractivity contribution in [2.24, 2.45) is 13.0 Å². The number of aryl methyl sites for hydroxylation is 1. The van der Waals surface area contributed by atoms with Crippen molar-refractivity contribution in [1.82, 2.24) is 20.0 Å². The van der Waals surface area contributed by atoms with Crippen LogP contribution in [0.3, 0.4) is 0 Å². The summed E-state index contributed by atoms with van der Waals surface area (Å²) in [7, 11) is 2.01. The summed E-state index contributed by atoms with van der Waals surface area (Å²) in [6, 6.07) is 0. The molecule has 0 aliphatic carbocycles. The van der Waals surface area contributed by atoms with Crippen molar-refractivity contribution in [1.29, 1.82) is 0 Å². The second kappa shape index (κ2) is 8.25. The van der Waals surface area contributed by atoms with Crippen LogP contribution in [0.5, 0.6) is 0 Å². The third kappa shape index (κ3) is 4.74. The van der Waals surface area contributed by atoms with Crippen molar-refractivity contribution in [3.05, 3.63) is 16.4 Å². The first kappa shape index (κ1) is 17.0. The molecular formula is C13H24BrClN4. The van der Waals surface area contributed by atoms with Crippen molar-refractivity contribution in [3.63, 3.8) is 0 Å². The molecule has 0 aromatic carbocycles. The molecule has 1 saturated heterocycles. The fraction of sp³-hybridized carbons (Fsp3) is 0.769. The van der Waals surface area contributed by atoms with Gasteiger partial charge in [-0.25, -0.2) is 0 Å². The smallest absolute Gasteiger partial charge is 0.0663 e. The van der Waals surface area contributed by atoms with Gasteiger partial charge in [-0.15, -0.1) is 12.4 Å². The van der Waals surface area contributed by atoms with E-state index in [0.29, 0.717) is 0 Å². The maximum absolute atomic E-state index is 4.27. The number of likely N-dealkylation sites (tertiary alicyclic amines) is 1. The molecular weight excluding hydrogens is 328 g/mol. The molecule has 0 amide bonds. The standard InChI is InChI=1S/C13H23BrN4.ClH/c1-3-15-8-11-4-6-18(7-5-11)10-13-12(14)9-16-17(13)2;/h9,11,15H,3-8,10H2,1-2H3;1H. The van der Waals surface area contributed by atoms with Gasteiger partial charge in [0.25, 0.3) is 0 Å². The Kier molecular flexibility index (Phi) is 7.36. The van der Waals surface area contributed by atoms with Gasteiger partial charge in [-0.05, 0) is 60.9 Å². The summed E-state index contributed by atoms with van der Waals surface area (Å²) in [5, 5.41) is 7.73. The lowest BCUT2D eigenvalue weighted by molar-refractivity contribution is 0.172. The molecule has 4 nitrogen and oxygen atoms in total. The van der Waals surface area contributed by atoms with E-state index in [4.69, 9.17) is 0 Å². The number of aromatic nitrogens is 2. The van der Waals surface area contributed by atoms with Crippen molar-refractivity contribution >= 4 is 28.3 Å². The molecule has 1 aliphatic heterocycles. The highest BCUT2D eigenvalue weighted by molar-refractivity contribution is 9.10. The van der Waals surface area contributed by atoms with E-state index in [1.807, 2.05) is 17.9 Å². The first-order valence-electron chi connectivity index (χ1n) is 6.80. The highest BCUT2D eigenvalue weighted by Crippen LogP contribution is 2.21. The number of piperidine rings is 1. The Morgan fingerprint density at radius 3 is 2.63 bits per heavy atom. The van der Waals surface area contributed by atoms with Crippen molar-refractivity contribution in [3.8, 4) is 0 Å². The first-order valence-corrected chi connectivity index (χ1v) is 7.59. The third-order valence-corrected chi connectivity index (χ3v) is 4.44. The van der Waals surface area contributed by atoms with Gasteiger partial charge in [0.05, 0.1) is 16.4 Å². The summed E-state index contributed by atoms with van der Waals surface area (Å²) in [5.74, 6) is 0.858. The molecule has 1 N–H and O–H groups in total. The summed E-state index contributed by atoms with van der Waals surface area (Å²) in [6.45, 7) is 7.85. The summed E-state index contributed by atoms with van der Waals surface area (Å²) in [4.78, 5) is 2.53. The highest BCUT2D eigenvalue weighted by atomic mass is 79.9. The van der Waals surface area contributed by atoms with Crippen molar-refractivity contribution in [2.45, 2.75) is 26.3 Å². The number of nitrogens with zero attached hydrogens (tertiary/aromatic N) is 3. The van der Waals surface area contributed by atoms with Gasteiger partial charge >= 0.3 is 0 Å². The molecule has 19 heavy (non-hydrogen) atoms. The van der Waals surface area contributed by atoms with Gasteiger partial charge < -0.3 is 5.32 Å². The molecule has 0 atom stereocenters. The minimum absolute atomic E-state index is 0. The SMILES string of the molecule is CCNCC1CCN(Cc2c(Br)cnn2C)CC1.Cl. The topological polar surface area (TPSA) is 33.1 Å². The van der Waals surface area contributed by atoms with Gasteiger partial charge in [0, 0.05) is 13.6 Å². The van der Waals surface area contributed by atoms with Crippen LogP contribution in [0.1, 0.15) is 25.5 Å². The van der Waals surface area contributed by atoms with E-state index < -0.39 is 0 Å². The predicted octanol–water partition coefficient (Wildman–Crippen LogP) is 2.43. The van der Waals surface area contributed by atoms with E-state index in [-0.39, 0.29) is 12.4 Å². The Balaban J connectivity index is 0.00000180. The highest BCUT2D eigenvalue weighted by Gasteiger charge is 2.20. The monoisotopic (exact) mass is 350 g/mol. The molecule has 0 unspecified atom stereocenters. The number of rotatable bonds is 5. The Morgan fingerprint density at radius 1 is 1.42 bits per heavy atom. The zero-order valence-electron chi connectivity index (χ0n) is 11.7. The molecule has 6 heteroatoms. The molecule has 1 aliphatic rings. The lowest BCUT2D eigenvalue weighted by atomic mass is 9.96. The van der Waals surface area contributed by atoms with E-state index >= 15 is 0 Å². The molecule has 0 radical (unpaired) electrons. The molecule has 0 spiro atoms. The molecule has 0 bridgehead atoms. The number of nitrogens with one attached hydrogen (secondary N) is 1. The maximum Gasteiger partial charge on any atom is 0.0663 e. The number of halogens is 2. The van der Waals surface area contributed by atoms with Crippen molar-refractivity contribution in [2.75, 3.05) is 26.2 Å². The van der Waals surface area contributed by atoms with Crippen LogP contribution in [0.4, 0.5) is 0 Å². The predicted molar refractivity (Wildman–Crippen MR) is 84.7 cm³/mol. The minimum Gasteiger partial charge on any atom is -0.317 e. The summed E-state index contributed by atoms with van der Waals surface area (Å²) in [6.07, 6.45) is 4.50. The molecule has 1 aromatic heterocycles. The Morgan fingerprint density at radius 2 is 2.11 bits per heavy atom. The van der Waals surface area contributed by atoms with E-state index in [0.717, 1.165) is 23.5 Å². The van der Waals surface area contributed by atoms with E-state index in [1.165, 1.54) is 38.2 Å². The maximum atomic E-state index is 4.27. The van der Waals surface area contributed by atoms with E-state index in [1.54, 1.807) is 0 Å². The van der Waals surface area contributed by atoms with Crippen LogP contribution in [-0.4, -0.2) is 40.9 Å². The summed E-state index contributed by atoms with van der Waals surface area (Å²) >= 11 is 3.57. The lowest BCUT2D eigenvalue weighted by Crippen LogP contribution is -2.37. The zero-order valence-corrected chi connectivity index (χ0v) is 14.1. The van der Waals surface area contributed by atoms with Gasteiger partial charge in [0.1, 0.15) is 0 Å². The molecule has 110 valence electrons. The molecule has 1 fully saturated rings. The van der Waals surface area contributed by atoms with Gasteiger partial charge in [-0.1, -0.05) is 6.92 Å². The Hall–Kier alpha value is -0.100. The Bertz CT molecular complexity index is 355. The van der Waals surface area contributed by atoms with Crippen LogP contribution in [-0.2, 0) is 13.6 Å². The van der Waals surface area contributed by atoms with Gasteiger partial charge in [0.15, 0.2) is 0 Å². The Labute approximate surface area is 130 Å². The fourth-order valence-electron chi connectivity index (χ4n) is 2.52. The average Bonchev–Trinajstić information content (AvgIpc) is 2.70. The summed E-state index contributed by atoms with van der Waals surface area (Å²) < 4.78 is 3.09. The second-order valence-electron chi connectivity index (χ2n) is 5.09. The van der Waals surface area contributed by atoms with Gasteiger partial charge in [-0.3, -0.25) is 9.58 Å². The second-order valence-corrected chi connectivity index (χ2v) is 5.94. The molecule has 0 saturated carbocycles. The fourth-order valence-corrected chi connectivity index (χ4v) is 3.00. The van der Waals surface area contributed by atoms with Crippen LogP contribution in [0.25, 0.3) is 0 Å². The quantitative estimate of drug-likeness (QED) is 0.884. The average molecular weight is 352 g/mol. The van der Waals surface area contributed by atoms with Crippen LogP contribution in [0.15, 0.2) is 10.7 Å².